The summed E-state index contributed by atoms with van der Waals surface area (Å²) in [6, 6.07) is 2.29. The van der Waals surface area contributed by atoms with Gasteiger partial charge in [-0.2, -0.15) is 0 Å². The number of hydrogen-bond acceptors (Lipinski definition) is 7. The number of ether oxygens (including phenoxy) is 1. The molecule has 1 aromatic rings. The largest absolute Gasteiger partial charge is 0.504 e. The smallest absolute Gasteiger partial charge is 0.274 e. The lowest BCUT2D eigenvalue weighted by molar-refractivity contribution is -0.385. The molecule has 9 heteroatoms. The number of nitrogens with zero attached hydrogens (tertiary/aromatic N) is 2. The number of non-ortho nitro benzene ring substituents is 1. The second kappa shape index (κ2) is 6.32. The number of thioether (sulfide) groups is 1. The quantitative estimate of drug-likeness (QED) is 0.389. The van der Waals surface area contributed by atoms with Crippen LogP contribution in [0.1, 0.15) is 12.5 Å². The molecule has 0 aromatic heterocycles. The SMILES string of the molecule is CCN1C(=O)/C(=C\c2cc([N+](=O)[O-])cc(OC)c2O)SC1=S. The van der Waals surface area contributed by atoms with Crippen LogP contribution in [-0.2, 0) is 4.79 Å². The molecular formula is C13H12N2O5S2. The molecule has 0 spiro atoms. The van der Waals surface area contributed by atoms with E-state index in [4.69, 9.17) is 17.0 Å². The first-order valence-corrected chi connectivity index (χ1v) is 7.42. The molecule has 0 unspecified atom stereocenters. The number of rotatable bonds is 4. The van der Waals surface area contributed by atoms with Gasteiger partial charge in [-0.25, -0.2) is 0 Å². The number of phenols is 1. The highest BCUT2D eigenvalue weighted by Crippen LogP contribution is 2.39. The number of nitro benzene ring substituents is 1. The topological polar surface area (TPSA) is 92.9 Å². The third-order valence-corrected chi connectivity index (χ3v) is 4.37. The number of carbonyl (C=O) groups excluding carboxylic acids is 1. The van der Waals surface area contributed by atoms with Crippen molar-refractivity contribution in [2.75, 3.05) is 13.7 Å². The van der Waals surface area contributed by atoms with E-state index in [1.54, 1.807) is 6.92 Å². The Morgan fingerprint density at radius 3 is 2.73 bits per heavy atom. The molecule has 0 aliphatic carbocycles. The van der Waals surface area contributed by atoms with E-state index in [1.807, 2.05) is 0 Å². The van der Waals surface area contributed by atoms with Crippen LogP contribution in [-0.4, -0.2) is 38.8 Å². The first-order chi connectivity index (χ1) is 10.4. The van der Waals surface area contributed by atoms with Gasteiger partial charge < -0.3 is 9.84 Å². The van der Waals surface area contributed by atoms with Crippen molar-refractivity contribution in [1.29, 1.82) is 0 Å². The predicted molar refractivity (Wildman–Crippen MR) is 86.9 cm³/mol. The highest BCUT2D eigenvalue weighted by atomic mass is 32.2. The summed E-state index contributed by atoms with van der Waals surface area (Å²) < 4.78 is 5.33. The van der Waals surface area contributed by atoms with Crippen molar-refractivity contribution in [2.24, 2.45) is 0 Å². The van der Waals surface area contributed by atoms with E-state index < -0.39 is 4.92 Å². The molecule has 7 nitrogen and oxygen atoms in total. The lowest BCUT2D eigenvalue weighted by Crippen LogP contribution is -2.27. The Morgan fingerprint density at radius 2 is 2.23 bits per heavy atom. The Kier molecular flexibility index (Phi) is 4.67. The molecule has 1 amide bonds. The number of phenolic OH excluding ortho intramolecular Hbond substituents is 1. The molecule has 1 aliphatic heterocycles. The molecule has 0 saturated carbocycles. The Morgan fingerprint density at radius 1 is 1.55 bits per heavy atom. The standard InChI is InChI=1S/C13H12N2O5S2/c1-3-14-12(17)10(22-13(14)21)5-7-4-8(15(18)19)6-9(20-2)11(7)16/h4-6,16H,3H2,1-2H3/b10-5+. The molecule has 1 heterocycles. The van der Waals surface area contributed by atoms with Crippen molar-refractivity contribution in [3.63, 3.8) is 0 Å². The van der Waals surface area contributed by atoms with Crippen LogP contribution in [0.3, 0.4) is 0 Å². The predicted octanol–water partition coefficient (Wildman–Crippen LogP) is 2.53. The number of nitro groups is 1. The fourth-order valence-electron chi connectivity index (χ4n) is 1.90. The van der Waals surface area contributed by atoms with E-state index >= 15 is 0 Å². The molecule has 1 fully saturated rings. The lowest BCUT2D eigenvalue weighted by atomic mass is 10.1. The van der Waals surface area contributed by atoms with Crippen LogP contribution in [0.15, 0.2) is 17.0 Å². The number of methoxy groups -OCH3 is 1. The molecule has 1 saturated heterocycles. The van der Waals surface area contributed by atoms with E-state index in [2.05, 4.69) is 0 Å². The molecule has 2 rings (SSSR count). The summed E-state index contributed by atoms with van der Waals surface area (Å²) in [6.45, 7) is 2.23. The second-order valence-electron chi connectivity index (χ2n) is 4.27. The van der Waals surface area contributed by atoms with Gasteiger partial charge in [-0.1, -0.05) is 24.0 Å². The van der Waals surface area contributed by atoms with Gasteiger partial charge in [0.1, 0.15) is 4.32 Å². The number of carbonyl (C=O) groups is 1. The van der Waals surface area contributed by atoms with Crippen LogP contribution in [0.5, 0.6) is 11.5 Å². The monoisotopic (exact) mass is 340 g/mol. The summed E-state index contributed by atoms with van der Waals surface area (Å²) in [7, 11) is 1.29. The number of aromatic hydroxyl groups is 1. The van der Waals surface area contributed by atoms with Crippen molar-refractivity contribution in [2.45, 2.75) is 6.92 Å². The zero-order valence-electron chi connectivity index (χ0n) is 11.7. The minimum Gasteiger partial charge on any atom is -0.504 e. The van der Waals surface area contributed by atoms with Crippen LogP contribution in [0, 0.1) is 10.1 Å². The second-order valence-corrected chi connectivity index (χ2v) is 5.94. The van der Waals surface area contributed by atoms with Crippen molar-refractivity contribution >= 4 is 46.0 Å². The van der Waals surface area contributed by atoms with Crippen LogP contribution in [0.25, 0.3) is 6.08 Å². The maximum atomic E-state index is 12.1. The average molecular weight is 340 g/mol. The number of benzene rings is 1. The van der Waals surface area contributed by atoms with Gasteiger partial charge >= 0.3 is 0 Å². The van der Waals surface area contributed by atoms with Crippen molar-refractivity contribution in [1.82, 2.24) is 4.90 Å². The van der Waals surface area contributed by atoms with Crippen molar-refractivity contribution < 1.29 is 19.6 Å². The van der Waals surface area contributed by atoms with E-state index in [1.165, 1.54) is 24.2 Å². The Hall–Kier alpha value is -2.13. The summed E-state index contributed by atoms with van der Waals surface area (Å²) in [5.41, 5.74) is -0.116. The molecule has 116 valence electrons. The van der Waals surface area contributed by atoms with Crippen LogP contribution < -0.4 is 4.74 Å². The normalized spacial score (nSPS) is 16.5. The van der Waals surface area contributed by atoms with E-state index in [0.717, 1.165) is 17.8 Å². The van der Waals surface area contributed by atoms with Crippen molar-refractivity contribution in [3.8, 4) is 11.5 Å². The summed E-state index contributed by atoms with van der Waals surface area (Å²) in [5.74, 6) is -0.594. The minimum atomic E-state index is -0.601. The van der Waals surface area contributed by atoms with Gasteiger partial charge in [0.15, 0.2) is 11.5 Å². The molecule has 0 atom stereocenters. The molecule has 1 N–H and O–H groups in total. The van der Waals surface area contributed by atoms with Gasteiger partial charge in [0, 0.05) is 18.2 Å². The summed E-state index contributed by atoms with van der Waals surface area (Å²) in [6.07, 6.45) is 1.37. The maximum Gasteiger partial charge on any atom is 0.274 e. The van der Waals surface area contributed by atoms with Crippen LogP contribution >= 0.6 is 24.0 Å². The van der Waals surface area contributed by atoms with Crippen molar-refractivity contribution in [3.05, 3.63) is 32.7 Å². The number of hydrogen-bond donors (Lipinski definition) is 1. The number of thiocarbonyl (C=S) groups is 1. The molecule has 0 bridgehead atoms. The van der Waals surface area contributed by atoms with E-state index in [0.29, 0.717) is 15.8 Å². The molecular weight excluding hydrogens is 328 g/mol. The Balaban J connectivity index is 2.51. The Labute approximate surface area is 135 Å². The fourth-order valence-corrected chi connectivity index (χ4v) is 3.27. The van der Waals surface area contributed by atoms with Gasteiger partial charge in [-0.15, -0.1) is 0 Å². The fraction of sp³-hybridized carbons (Fsp3) is 0.231. The van der Waals surface area contributed by atoms with Gasteiger partial charge in [-0.3, -0.25) is 19.8 Å². The Bertz CT molecular complexity index is 702. The lowest BCUT2D eigenvalue weighted by Gasteiger charge is -2.09. The van der Waals surface area contributed by atoms with Gasteiger partial charge in [0.25, 0.3) is 11.6 Å². The van der Waals surface area contributed by atoms with Crippen LogP contribution in [0.4, 0.5) is 5.69 Å². The van der Waals surface area contributed by atoms with E-state index in [9.17, 15) is 20.0 Å². The van der Waals surface area contributed by atoms with Gasteiger partial charge in [-0.05, 0) is 13.0 Å². The minimum absolute atomic E-state index is 0.0357. The molecule has 22 heavy (non-hydrogen) atoms. The maximum absolute atomic E-state index is 12.1. The first kappa shape index (κ1) is 16.2. The first-order valence-electron chi connectivity index (χ1n) is 6.19. The summed E-state index contributed by atoms with van der Waals surface area (Å²) in [4.78, 5) is 24.2. The van der Waals surface area contributed by atoms with Crippen LogP contribution in [0.2, 0.25) is 0 Å². The molecule has 1 aromatic carbocycles. The van der Waals surface area contributed by atoms with Gasteiger partial charge in [0.2, 0.25) is 0 Å². The zero-order valence-corrected chi connectivity index (χ0v) is 13.4. The molecule has 1 aliphatic rings. The van der Waals surface area contributed by atoms with E-state index in [-0.39, 0.29) is 28.7 Å². The van der Waals surface area contributed by atoms with Gasteiger partial charge in [0.05, 0.1) is 23.0 Å². The summed E-state index contributed by atoms with van der Waals surface area (Å²) in [5, 5.41) is 21.0. The third kappa shape index (κ3) is 2.90. The highest BCUT2D eigenvalue weighted by Gasteiger charge is 2.31. The summed E-state index contributed by atoms with van der Waals surface area (Å²) >= 11 is 6.18. The average Bonchev–Trinajstić information content (AvgIpc) is 2.74. The number of likely N-dealkylation sites (N-methyl/N-ethyl adjacent to an activating group) is 1. The molecule has 0 radical (unpaired) electrons. The third-order valence-electron chi connectivity index (χ3n) is 3.00. The zero-order chi connectivity index (χ0) is 16.4. The highest BCUT2D eigenvalue weighted by molar-refractivity contribution is 8.26. The number of amides is 1.